The molecule has 0 saturated carbocycles. The number of amides is 1. The average Bonchev–Trinajstić information content (AvgIpc) is 3.28. The summed E-state index contributed by atoms with van der Waals surface area (Å²) in [6.07, 6.45) is 0. The Balaban J connectivity index is 1.47. The molecule has 8 heteroatoms. The largest absolute Gasteiger partial charge is 0.492 e. The monoisotopic (exact) mass is 372 g/mol. The van der Waals surface area contributed by atoms with E-state index >= 15 is 0 Å². The number of nitrogens with zero attached hydrogens (tertiary/aromatic N) is 4. The van der Waals surface area contributed by atoms with Crippen molar-refractivity contribution in [3.63, 3.8) is 0 Å². The van der Waals surface area contributed by atoms with Gasteiger partial charge in [0.15, 0.2) is 5.13 Å². The fraction of sp³-hybridized carbons (Fsp3) is 0.389. The molecule has 1 fully saturated rings. The van der Waals surface area contributed by atoms with Crippen LogP contribution in [0.3, 0.4) is 0 Å². The first-order chi connectivity index (χ1) is 12.7. The van der Waals surface area contributed by atoms with Crippen LogP contribution in [0.15, 0.2) is 28.8 Å². The first kappa shape index (κ1) is 16.8. The van der Waals surface area contributed by atoms with Crippen molar-refractivity contribution in [2.24, 2.45) is 0 Å². The van der Waals surface area contributed by atoms with Gasteiger partial charge in [0, 0.05) is 32.2 Å². The van der Waals surface area contributed by atoms with Crippen LogP contribution in [0.4, 0.5) is 5.13 Å². The summed E-state index contributed by atoms with van der Waals surface area (Å²) >= 11 is 1.66. The minimum atomic E-state index is -0.104. The number of thiazole rings is 1. The van der Waals surface area contributed by atoms with Gasteiger partial charge in [-0.25, -0.2) is 4.98 Å². The zero-order valence-corrected chi connectivity index (χ0v) is 15.6. The number of ether oxygens (including phenoxy) is 1. The highest BCUT2D eigenvalue weighted by Crippen LogP contribution is 2.34. The summed E-state index contributed by atoms with van der Waals surface area (Å²) in [5, 5.41) is 4.76. The van der Waals surface area contributed by atoms with Crippen LogP contribution in [0.1, 0.15) is 23.2 Å². The number of piperazine rings is 1. The molecule has 4 rings (SSSR count). The van der Waals surface area contributed by atoms with Gasteiger partial charge >= 0.3 is 0 Å². The average molecular weight is 372 g/mol. The topological polar surface area (TPSA) is 71.7 Å². The molecule has 0 aliphatic carbocycles. The first-order valence-corrected chi connectivity index (χ1v) is 9.47. The lowest BCUT2D eigenvalue weighted by Gasteiger charge is -2.33. The summed E-state index contributed by atoms with van der Waals surface area (Å²) in [6, 6.07) is 7.68. The molecule has 1 aromatic carbocycles. The molecular formula is C18H20N4O3S. The van der Waals surface area contributed by atoms with E-state index in [2.05, 4.69) is 16.1 Å². The second kappa shape index (κ2) is 6.95. The van der Waals surface area contributed by atoms with Crippen LogP contribution in [0.2, 0.25) is 0 Å². The summed E-state index contributed by atoms with van der Waals surface area (Å²) in [5.74, 6) is 1.02. The van der Waals surface area contributed by atoms with Gasteiger partial charge in [0.2, 0.25) is 5.76 Å². The molecular weight excluding hydrogens is 352 g/mol. The number of carbonyl (C=O) groups is 1. The van der Waals surface area contributed by atoms with Crippen LogP contribution >= 0.6 is 11.3 Å². The van der Waals surface area contributed by atoms with Crippen molar-refractivity contribution in [1.82, 2.24) is 15.0 Å². The van der Waals surface area contributed by atoms with Crippen LogP contribution in [0, 0.1) is 6.92 Å². The van der Waals surface area contributed by atoms with Crippen molar-refractivity contribution in [3.8, 4) is 5.75 Å². The second-order valence-electron chi connectivity index (χ2n) is 6.14. The third-order valence-electron chi connectivity index (χ3n) is 4.35. The number of hydrogen-bond acceptors (Lipinski definition) is 7. The Morgan fingerprint density at radius 2 is 2.12 bits per heavy atom. The van der Waals surface area contributed by atoms with Gasteiger partial charge in [-0.1, -0.05) is 22.6 Å². The van der Waals surface area contributed by atoms with Crippen molar-refractivity contribution in [1.29, 1.82) is 0 Å². The van der Waals surface area contributed by atoms with Crippen LogP contribution in [0.5, 0.6) is 5.75 Å². The highest BCUT2D eigenvalue weighted by Gasteiger charge is 2.26. The van der Waals surface area contributed by atoms with E-state index in [0.29, 0.717) is 31.2 Å². The maximum Gasteiger partial charge on any atom is 0.292 e. The highest BCUT2D eigenvalue weighted by molar-refractivity contribution is 7.22. The lowest BCUT2D eigenvalue weighted by atomic mass is 10.3. The standard InChI is InChI=1S/C18H20N4O3S/c1-3-24-13-5-4-6-15-16(13)19-18(26-15)22-9-7-21(8-10-22)17(23)14-11-12(2)20-25-14/h4-6,11H,3,7-10H2,1-2H3. The number of para-hydroxylation sites is 1. The minimum Gasteiger partial charge on any atom is -0.492 e. The van der Waals surface area contributed by atoms with Crippen LogP contribution < -0.4 is 9.64 Å². The number of hydrogen-bond donors (Lipinski definition) is 0. The van der Waals surface area contributed by atoms with Gasteiger partial charge in [0.1, 0.15) is 11.3 Å². The van der Waals surface area contributed by atoms with Crippen LogP contribution in [0.25, 0.3) is 10.2 Å². The molecule has 1 saturated heterocycles. The van der Waals surface area contributed by atoms with E-state index in [1.165, 1.54) is 0 Å². The molecule has 0 bridgehead atoms. The number of fused-ring (bicyclic) bond motifs is 1. The Kier molecular flexibility index (Phi) is 4.50. The predicted octanol–water partition coefficient (Wildman–Crippen LogP) is 2.95. The van der Waals surface area contributed by atoms with E-state index in [9.17, 15) is 4.79 Å². The molecule has 7 nitrogen and oxygen atoms in total. The van der Waals surface area contributed by atoms with E-state index < -0.39 is 0 Å². The van der Waals surface area contributed by atoms with Crippen LogP contribution in [-0.4, -0.2) is 53.7 Å². The number of aromatic nitrogens is 2. The van der Waals surface area contributed by atoms with E-state index in [1.807, 2.05) is 26.0 Å². The van der Waals surface area contributed by atoms with Crippen molar-refractivity contribution in [2.75, 3.05) is 37.7 Å². The lowest BCUT2D eigenvalue weighted by molar-refractivity contribution is 0.0704. The minimum absolute atomic E-state index is 0.104. The molecule has 136 valence electrons. The predicted molar refractivity (Wildman–Crippen MR) is 100 cm³/mol. The Morgan fingerprint density at radius 3 is 2.81 bits per heavy atom. The molecule has 0 N–H and O–H groups in total. The molecule has 3 aromatic rings. The maximum atomic E-state index is 12.5. The fourth-order valence-corrected chi connectivity index (χ4v) is 4.07. The normalized spacial score (nSPS) is 14.8. The van der Waals surface area contributed by atoms with Gasteiger partial charge in [0.05, 0.1) is 17.0 Å². The molecule has 0 unspecified atom stereocenters. The van der Waals surface area contributed by atoms with Gasteiger partial charge < -0.3 is 19.1 Å². The van der Waals surface area contributed by atoms with Gasteiger partial charge in [-0.15, -0.1) is 0 Å². The summed E-state index contributed by atoms with van der Waals surface area (Å²) in [4.78, 5) is 21.3. The summed E-state index contributed by atoms with van der Waals surface area (Å²) < 4.78 is 11.9. The van der Waals surface area contributed by atoms with Crippen molar-refractivity contribution < 1.29 is 14.1 Å². The Hall–Kier alpha value is -2.61. The van der Waals surface area contributed by atoms with E-state index in [4.69, 9.17) is 14.2 Å². The summed E-state index contributed by atoms with van der Waals surface area (Å²) in [5.41, 5.74) is 1.62. The SMILES string of the molecule is CCOc1cccc2sc(N3CCN(C(=O)c4cc(C)no4)CC3)nc12. The van der Waals surface area contributed by atoms with Crippen molar-refractivity contribution >= 4 is 32.6 Å². The molecule has 1 amide bonds. The van der Waals surface area contributed by atoms with E-state index in [1.54, 1.807) is 22.3 Å². The summed E-state index contributed by atoms with van der Waals surface area (Å²) in [6.45, 7) is 7.14. The Bertz CT molecular complexity index is 928. The number of benzene rings is 1. The van der Waals surface area contributed by atoms with Gasteiger partial charge in [0.25, 0.3) is 5.91 Å². The highest BCUT2D eigenvalue weighted by atomic mass is 32.1. The van der Waals surface area contributed by atoms with Gasteiger partial charge in [-0.3, -0.25) is 4.79 Å². The van der Waals surface area contributed by atoms with Crippen molar-refractivity contribution in [3.05, 3.63) is 35.7 Å². The number of aryl methyl sites for hydroxylation is 1. The fourth-order valence-electron chi connectivity index (χ4n) is 3.04. The quantitative estimate of drug-likeness (QED) is 0.701. The molecule has 0 spiro atoms. The van der Waals surface area contributed by atoms with E-state index in [-0.39, 0.29) is 5.91 Å². The zero-order chi connectivity index (χ0) is 18.1. The number of carbonyl (C=O) groups excluding carboxylic acids is 1. The smallest absolute Gasteiger partial charge is 0.292 e. The molecule has 1 aliphatic heterocycles. The Morgan fingerprint density at radius 1 is 1.31 bits per heavy atom. The van der Waals surface area contributed by atoms with Crippen molar-refractivity contribution in [2.45, 2.75) is 13.8 Å². The van der Waals surface area contributed by atoms with Gasteiger partial charge in [-0.05, 0) is 26.0 Å². The molecule has 1 aliphatic rings. The third-order valence-corrected chi connectivity index (χ3v) is 5.43. The zero-order valence-electron chi connectivity index (χ0n) is 14.8. The molecule has 0 radical (unpaired) electrons. The lowest BCUT2D eigenvalue weighted by Crippen LogP contribution is -2.48. The maximum absolute atomic E-state index is 12.5. The first-order valence-electron chi connectivity index (χ1n) is 8.65. The van der Waals surface area contributed by atoms with Gasteiger partial charge in [-0.2, -0.15) is 0 Å². The van der Waals surface area contributed by atoms with Crippen LogP contribution in [-0.2, 0) is 0 Å². The third kappa shape index (κ3) is 3.12. The molecule has 3 heterocycles. The molecule has 26 heavy (non-hydrogen) atoms. The molecule has 2 aromatic heterocycles. The summed E-state index contributed by atoms with van der Waals surface area (Å²) in [7, 11) is 0. The van der Waals surface area contributed by atoms with E-state index in [0.717, 1.165) is 34.2 Å². The number of rotatable bonds is 4. The number of anilines is 1. The second-order valence-corrected chi connectivity index (χ2v) is 7.15. The Labute approximate surface area is 155 Å². The molecule has 0 atom stereocenters.